The maximum atomic E-state index is 12.4. The Morgan fingerprint density at radius 2 is 2.22 bits per heavy atom. The van der Waals surface area contributed by atoms with Gasteiger partial charge in [0.1, 0.15) is 0 Å². The lowest BCUT2D eigenvalue weighted by atomic mass is 9.97. The molecule has 1 unspecified atom stereocenters. The molecule has 0 bridgehead atoms. The first kappa shape index (κ1) is 13.4. The molecular weight excluding hydrogens is 245 g/mol. The van der Waals surface area contributed by atoms with Gasteiger partial charge >= 0.3 is 6.18 Å². The van der Waals surface area contributed by atoms with Crippen LogP contribution in [0.15, 0.2) is 11.6 Å². The van der Waals surface area contributed by atoms with E-state index >= 15 is 0 Å². The summed E-state index contributed by atoms with van der Waals surface area (Å²) in [6.07, 6.45) is -1.42. The zero-order chi connectivity index (χ0) is 13.2. The molecule has 0 radical (unpaired) electrons. The van der Waals surface area contributed by atoms with Crippen LogP contribution in [-0.2, 0) is 4.79 Å². The first-order valence-corrected chi connectivity index (χ1v) is 6.24. The standard InChI is InChI=1S/C12H17F3N2O/c13-12(14,15)10-3-6-17(7-4-10)11(18)9-2-1-5-16-8-9/h3,9,16H,1-2,4-8H2. The molecule has 0 aromatic heterocycles. The Morgan fingerprint density at radius 3 is 2.72 bits per heavy atom. The predicted octanol–water partition coefficient (Wildman–Crippen LogP) is 1.71. The molecule has 2 aliphatic heterocycles. The van der Waals surface area contributed by atoms with Gasteiger partial charge in [0.25, 0.3) is 0 Å². The molecular formula is C12H17F3N2O. The third-order valence-corrected chi connectivity index (χ3v) is 3.53. The van der Waals surface area contributed by atoms with Crippen molar-refractivity contribution in [3.63, 3.8) is 0 Å². The Kier molecular flexibility index (Phi) is 3.94. The predicted molar refractivity (Wildman–Crippen MR) is 60.9 cm³/mol. The highest BCUT2D eigenvalue weighted by atomic mass is 19.4. The second-order valence-corrected chi connectivity index (χ2v) is 4.80. The molecule has 2 rings (SSSR count). The minimum Gasteiger partial charge on any atom is -0.338 e. The van der Waals surface area contributed by atoms with Crippen molar-refractivity contribution in [2.75, 3.05) is 26.2 Å². The molecule has 2 aliphatic rings. The van der Waals surface area contributed by atoms with Crippen LogP contribution in [0.5, 0.6) is 0 Å². The van der Waals surface area contributed by atoms with E-state index in [1.165, 1.54) is 4.90 Å². The van der Waals surface area contributed by atoms with E-state index < -0.39 is 11.7 Å². The second-order valence-electron chi connectivity index (χ2n) is 4.80. The third-order valence-electron chi connectivity index (χ3n) is 3.53. The first-order valence-electron chi connectivity index (χ1n) is 6.24. The molecule has 0 aliphatic carbocycles. The summed E-state index contributed by atoms with van der Waals surface area (Å²) >= 11 is 0. The highest BCUT2D eigenvalue weighted by Crippen LogP contribution is 2.30. The molecule has 102 valence electrons. The van der Waals surface area contributed by atoms with Crippen molar-refractivity contribution in [2.24, 2.45) is 5.92 Å². The van der Waals surface area contributed by atoms with Crippen molar-refractivity contribution in [1.82, 2.24) is 10.2 Å². The van der Waals surface area contributed by atoms with Gasteiger partial charge in [-0.05, 0) is 25.8 Å². The van der Waals surface area contributed by atoms with Gasteiger partial charge in [-0.25, -0.2) is 0 Å². The van der Waals surface area contributed by atoms with Crippen molar-refractivity contribution < 1.29 is 18.0 Å². The van der Waals surface area contributed by atoms with Crippen LogP contribution in [0, 0.1) is 5.92 Å². The number of hydrogen-bond acceptors (Lipinski definition) is 2. The van der Waals surface area contributed by atoms with Gasteiger partial charge in [0.05, 0.1) is 5.92 Å². The van der Waals surface area contributed by atoms with Gasteiger partial charge in [-0.2, -0.15) is 13.2 Å². The normalized spacial score (nSPS) is 25.8. The van der Waals surface area contributed by atoms with Crippen molar-refractivity contribution >= 4 is 5.91 Å². The van der Waals surface area contributed by atoms with E-state index in [-0.39, 0.29) is 31.3 Å². The fraction of sp³-hybridized carbons (Fsp3) is 0.750. The molecule has 0 spiro atoms. The number of hydrogen-bond donors (Lipinski definition) is 1. The van der Waals surface area contributed by atoms with Crippen LogP contribution in [0.3, 0.4) is 0 Å². The Morgan fingerprint density at radius 1 is 1.44 bits per heavy atom. The molecule has 3 nitrogen and oxygen atoms in total. The van der Waals surface area contributed by atoms with E-state index in [1.807, 2.05) is 0 Å². The molecule has 2 heterocycles. The highest BCUT2D eigenvalue weighted by molar-refractivity contribution is 5.79. The average Bonchev–Trinajstić information content (AvgIpc) is 2.38. The van der Waals surface area contributed by atoms with Gasteiger partial charge in [0.15, 0.2) is 0 Å². The van der Waals surface area contributed by atoms with Gasteiger partial charge in [0.2, 0.25) is 5.91 Å². The number of rotatable bonds is 1. The summed E-state index contributed by atoms with van der Waals surface area (Å²) in [6, 6.07) is 0. The van der Waals surface area contributed by atoms with E-state index in [0.29, 0.717) is 6.54 Å². The van der Waals surface area contributed by atoms with Gasteiger partial charge in [0, 0.05) is 25.2 Å². The van der Waals surface area contributed by atoms with Crippen LogP contribution in [0.25, 0.3) is 0 Å². The Balaban J connectivity index is 1.92. The number of nitrogens with zero attached hydrogens (tertiary/aromatic N) is 1. The zero-order valence-corrected chi connectivity index (χ0v) is 10.1. The third kappa shape index (κ3) is 3.04. The molecule has 0 saturated carbocycles. The number of halogens is 3. The fourth-order valence-electron chi connectivity index (χ4n) is 2.45. The molecule has 1 N–H and O–H groups in total. The second kappa shape index (κ2) is 5.30. The van der Waals surface area contributed by atoms with Gasteiger partial charge in [-0.3, -0.25) is 4.79 Å². The molecule has 1 fully saturated rings. The van der Waals surface area contributed by atoms with Crippen LogP contribution < -0.4 is 5.32 Å². The lowest BCUT2D eigenvalue weighted by molar-refractivity contribution is -0.136. The van der Waals surface area contributed by atoms with E-state index in [0.717, 1.165) is 25.5 Å². The van der Waals surface area contributed by atoms with E-state index in [2.05, 4.69) is 5.32 Å². The van der Waals surface area contributed by atoms with Crippen molar-refractivity contribution in [1.29, 1.82) is 0 Å². The monoisotopic (exact) mass is 262 g/mol. The summed E-state index contributed by atoms with van der Waals surface area (Å²) in [5.74, 6) is -0.0840. The van der Waals surface area contributed by atoms with Crippen molar-refractivity contribution in [3.05, 3.63) is 11.6 Å². The van der Waals surface area contributed by atoms with E-state index in [9.17, 15) is 18.0 Å². The van der Waals surface area contributed by atoms with Crippen LogP contribution >= 0.6 is 0 Å². The van der Waals surface area contributed by atoms with E-state index in [4.69, 9.17) is 0 Å². The summed E-state index contributed by atoms with van der Waals surface area (Å²) in [6.45, 7) is 1.83. The first-order chi connectivity index (χ1) is 8.48. The Bertz CT molecular complexity index is 346. The molecule has 1 atom stereocenters. The van der Waals surface area contributed by atoms with Crippen LogP contribution in [0.4, 0.5) is 13.2 Å². The minimum absolute atomic E-state index is 0.0142. The lowest BCUT2D eigenvalue weighted by Gasteiger charge is -2.32. The highest BCUT2D eigenvalue weighted by Gasteiger charge is 2.36. The Hall–Kier alpha value is -1.04. The molecule has 1 saturated heterocycles. The largest absolute Gasteiger partial charge is 0.412 e. The lowest BCUT2D eigenvalue weighted by Crippen LogP contribution is -2.45. The minimum atomic E-state index is -4.25. The van der Waals surface area contributed by atoms with Crippen LogP contribution in [-0.4, -0.2) is 43.2 Å². The van der Waals surface area contributed by atoms with Crippen LogP contribution in [0.2, 0.25) is 0 Å². The SMILES string of the molecule is O=C(C1CCCNC1)N1CC=C(C(F)(F)F)CC1. The molecule has 1 amide bonds. The van der Waals surface area contributed by atoms with Crippen LogP contribution in [0.1, 0.15) is 19.3 Å². The smallest absolute Gasteiger partial charge is 0.338 e. The molecule has 0 aromatic rings. The average molecular weight is 262 g/mol. The van der Waals surface area contributed by atoms with Gasteiger partial charge < -0.3 is 10.2 Å². The molecule has 18 heavy (non-hydrogen) atoms. The number of nitrogens with one attached hydrogen (secondary N) is 1. The van der Waals surface area contributed by atoms with E-state index in [1.54, 1.807) is 0 Å². The zero-order valence-electron chi connectivity index (χ0n) is 10.1. The number of carbonyl (C=O) groups excluding carboxylic acids is 1. The maximum Gasteiger partial charge on any atom is 0.412 e. The maximum absolute atomic E-state index is 12.4. The topological polar surface area (TPSA) is 32.3 Å². The Labute approximate surface area is 104 Å². The number of amides is 1. The summed E-state index contributed by atoms with van der Waals surface area (Å²) in [4.78, 5) is 13.6. The summed E-state index contributed by atoms with van der Waals surface area (Å²) in [5, 5.41) is 3.14. The van der Waals surface area contributed by atoms with Gasteiger partial charge in [-0.15, -0.1) is 0 Å². The summed E-state index contributed by atoms with van der Waals surface area (Å²) in [7, 11) is 0. The quantitative estimate of drug-likeness (QED) is 0.730. The molecule has 0 aromatic carbocycles. The van der Waals surface area contributed by atoms with Crippen molar-refractivity contribution in [3.8, 4) is 0 Å². The summed E-state index contributed by atoms with van der Waals surface area (Å²) in [5.41, 5.74) is -0.506. The number of carbonyl (C=O) groups is 1. The number of piperidine rings is 1. The fourth-order valence-corrected chi connectivity index (χ4v) is 2.45. The number of alkyl halides is 3. The van der Waals surface area contributed by atoms with Crippen molar-refractivity contribution in [2.45, 2.75) is 25.4 Å². The molecule has 6 heteroatoms. The summed E-state index contributed by atoms with van der Waals surface area (Å²) < 4.78 is 37.3. The van der Waals surface area contributed by atoms with Gasteiger partial charge in [-0.1, -0.05) is 6.08 Å².